The molecule has 0 aromatic heterocycles. The third-order valence-electron chi connectivity index (χ3n) is 4.33. The maximum Gasteiger partial charge on any atom is 0.244 e. The van der Waals surface area contributed by atoms with Gasteiger partial charge in [-0.15, -0.1) is 0 Å². The molecule has 0 unspecified atom stereocenters. The smallest absolute Gasteiger partial charge is 0.244 e. The Morgan fingerprint density at radius 3 is 2.23 bits per heavy atom. The molecule has 0 spiro atoms. The fourth-order valence-electron chi connectivity index (χ4n) is 2.51. The summed E-state index contributed by atoms with van der Waals surface area (Å²) in [7, 11) is 1.48. The maximum absolute atomic E-state index is 12.6. The average Bonchev–Trinajstić information content (AvgIpc) is 2.61. The quantitative estimate of drug-likeness (QED) is 0.773. The van der Waals surface area contributed by atoms with E-state index in [-0.39, 0.29) is 17.2 Å². The van der Waals surface area contributed by atoms with Crippen LogP contribution >= 0.6 is 0 Å². The lowest BCUT2D eigenvalue weighted by molar-refractivity contribution is 0.182. The van der Waals surface area contributed by atoms with E-state index in [1.165, 1.54) is 7.11 Å². The van der Waals surface area contributed by atoms with Crippen molar-refractivity contribution in [3.05, 3.63) is 53.1 Å². The van der Waals surface area contributed by atoms with E-state index in [1.54, 1.807) is 24.3 Å². The van der Waals surface area contributed by atoms with Crippen LogP contribution in [-0.4, -0.2) is 41.3 Å². The van der Waals surface area contributed by atoms with Gasteiger partial charge in [-0.3, -0.25) is 0 Å². The number of nitrogens with one attached hydrogen (secondary N) is 1. The Bertz CT molecular complexity index is 862. The monoisotopic (exact) mass is 378 g/mol. The second-order valence-corrected chi connectivity index (χ2v) is 8.18. The predicted molar refractivity (Wildman–Crippen MR) is 103 cm³/mol. The number of nitrogens with zero attached hydrogens (tertiary/aromatic N) is 1. The SMILES string of the molecule is COc1cc(C)c(C)cc1S(=O)(=O)NC[C@H](O)c1ccc(N(C)C)cc1. The maximum atomic E-state index is 12.6. The molecule has 0 bridgehead atoms. The van der Waals surface area contributed by atoms with Gasteiger partial charge in [0.1, 0.15) is 10.6 Å². The highest BCUT2D eigenvalue weighted by Gasteiger charge is 2.22. The zero-order chi connectivity index (χ0) is 19.5. The van der Waals surface area contributed by atoms with E-state index in [2.05, 4.69) is 4.72 Å². The van der Waals surface area contributed by atoms with Gasteiger partial charge in [-0.1, -0.05) is 12.1 Å². The van der Waals surface area contributed by atoms with Crippen molar-refractivity contribution >= 4 is 15.7 Å². The number of aliphatic hydroxyl groups is 1. The van der Waals surface area contributed by atoms with Crippen LogP contribution in [-0.2, 0) is 10.0 Å². The van der Waals surface area contributed by atoms with Crippen LogP contribution in [0, 0.1) is 13.8 Å². The van der Waals surface area contributed by atoms with Crippen molar-refractivity contribution in [2.45, 2.75) is 24.8 Å². The molecule has 7 heteroatoms. The molecular formula is C19H26N2O4S. The van der Waals surface area contributed by atoms with Gasteiger partial charge in [0.15, 0.2) is 0 Å². The van der Waals surface area contributed by atoms with Crippen LogP contribution in [0.5, 0.6) is 5.75 Å². The van der Waals surface area contributed by atoms with Gasteiger partial charge in [-0.25, -0.2) is 13.1 Å². The van der Waals surface area contributed by atoms with Gasteiger partial charge in [-0.05, 0) is 54.8 Å². The molecule has 0 heterocycles. The van der Waals surface area contributed by atoms with Crippen LogP contribution in [0.3, 0.4) is 0 Å². The molecule has 0 amide bonds. The summed E-state index contributed by atoms with van der Waals surface area (Å²) in [6.45, 7) is 3.61. The largest absolute Gasteiger partial charge is 0.495 e. The fourth-order valence-corrected chi connectivity index (χ4v) is 3.78. The van der Waals surface area contributed by atoms with Crippen LogP contribution in [0.2, 0.25) is 0 Å². The number of sulfonamides is 1. The first-order chi connectivity index (χ1) is 12.2. The molecule has 2 rings (SSSR count). The highest BCUT2D eigenvalue weighted by molar-refractivity contribution is 7.89. The van der Waals surface area contributed by atoms with Crippen LogP contribution in [0.15, 0.2) is 41.3 Å². The number of hydrogen-bond donors (Lipinski definition) is 2. The van der Waals surface area contributed by atoms with Gasteiger partial charge in [0, 0.05) is 26.3 Å². The number of ether oxygens (including phenoxy) is 1. The highest BCUT2D eigenvalue weighted by atomic mass is 32.2. The third-order valence-corrected chi connectivity index (χ3v) is 5.78. The van der Waals surface area contributed by atoms with Gasteiger partial charge in [0.2, 0.25) is 10.0 Å². The van der Waals surface area contributed by atoms with E-state index in [0.29, 0.717) is 5.56 Å². The molecule has 0 aliphatic heterocycles. The molecule has 142 valence electrons. The van der Waals surface area contributed by atoms with E-state index in [9.17, 15) is 13.5 Å². The summed E-state index contributed by atoms with van der Waals surface area (Å²) in [5.74, 6) is 0.283. The van der Waals surface area contributed by atoms with Crippen molar-refractivity contribution in [3.8, 4) is 5.75 Å². The molecule has 0 radical (unpaired) electrons. The van der Waals surface area contributed by atoms with E-state index < -0.39 is 16.1 Å². The number of aliphatic hydroxyl groups excluding tert-OH is 1. The van der Waals surface area contributed by atoms with Gasteiger partial charge < -0.3 is 14.7 Å². The molecule has 0 aliphatic rings. The molecule has 0 saturated heterocycles. The minimum absolute atomic E-state index is 0.0678. The van der Waals surface area contributed by atoms with Crippen LogP contribution < -0.4 is 14.4 Å². The first-order valence-electron chi connectivity index (χ1n) is 8.26. The van der Waals surface area contributed by atoms with E-state index >= 15 is 0 Å². The highest BCUT2D eigenvalue weighted by Crippen LogP contribution is 2.27. The number of hydrogen-bond acceptors (Lipinski definition) is 5. The van der Waals surface area contributed by atoms with E-state index in [1.807, 2.05) is 45.0 Å². The second kappa shape index (κ2) is 8.07. The lowest BCUT2D eigenvalue weighted by atomic mass is 10.1. The molecule has 0 aliphatic carbocycles. The Morgan fingerprint density at radius 1 is 1.12 bits per heavy atom. The summed E-state index contributed by atoms with van der Waals surface area (Å²) in [5.41, 5.74) is 3.44. The van der Waals surface area contributed by atoms with Crippen molar-refractivity contribution in [1.82, 2.24) is 4.72 Å². The van der Waals surface area contributed by atoms with E-state index in [4.69, 9.17) is 4.74 Å². The van der Waals surface area contributed by atoms with Gasteiger partial charge in [0.25, 0.3) is 0 Å². The standard InChI is InChI=1S/C19H26N2O4S/c1-13-10-18(25-5)19(11-14(13)2)26(23,24)20-12-17(22)15-6-8-16(9-7-15)21(3)4/h6-11,17,20,22H,12H2,1-5H3/t17-/m0/s1. The lowest BCUT2D eigenvalue weighted by Gasteiger charge is -2.17. The Kier molecular flexibility index (Phi) is 6.28. The molecule has 2 aromatic carbocycles. The van der Waals surface area contributed by atoms with E-state index in [0.717, 1.165) is 16.8 Å². The van der Waals surface area contributed by atoms with Crippen molar-refractivity contribution in [1.29, 1.82) is 0 Å². The topological polar surface area (TPSA) is 78.9 Å². The molecule has 2 N–H and O–H groups in total. The number of methoxy groups -OCH3 is 1. The molecule has 6 nitrogen and oxygen atoms in total. The summed E-state index contributed by atoms with van der Waals surface area (Å²) in [6.07, 6.45) is -0.946. The number of aryl methyl sites for hydroxylation is 2. The second-order valence-electron chi connectivity index (χ2n) is 6.44. The van der Waals surface area contributed by atoms with Gasteiger partial charge >= 0.3 is 0 Å². The normalized spacial score (nSPS) is 12.7. The minimum Gasteiger partial charge on any atom is -0.495 e. The summed E-state index contributed by atoms with van der Waals surface area (Å²) < 4.78 is 33.0. The summed E-state index contributed by atoms with van der Waals surface area (Å²) in [5, 5.41) is 10.3. The number of benzene rings is 2. The average molecular weight is 378 g/mol. The molecular weight excluding hydrogens is 352 g/mol. The molecule has 0 saturated carbocycles. The van der Waals surface area contributed by atoms with Crippen LogP contribution in [0.1, 0.15) is 22.8 Å². The van der Waals surface area contributed by atoms with Crippen molar-refractivity contribution < 1.29 is 18.3 Å². The zero-order valence-corrected chi connectivity index (χ0v) is 16.6. The number of rotatable bonds is 7. The minimum atomic E-state index is -3.81. The summed E-state index contributed by atoms with van der Waals surface area (Å²) >= 11 is 0. The Balaban J connectivity index is 2.16. The van der Waals surface area contributed by atoms with Gasteiger partial charge in [-0.2, -0.15) is 0 Å². The summed E-state index contributed by atoms with van der Waals surface area (Å²) in [4.78, 5) is 2.02. The molecule has 2 aromatic rings. The zero-order valence-electron chi connectivity index (χ0n) is 15.8. The molecule has 1 atom stereocenters. The van der Waals surface area contributed by atoms with Crippen LogP contribution in [0.25, 0.3) is 0 Å². The Morgan fingerprint density at radius 2 is 1.69 bits per heavy atom. The van der Waals surface area contributed by atoms with Crippen molar-refractivity contribution in [2.75, 3.05) is 32.6 Å². The molecule has 26 heavy (non-hydrogen) atoms. The van der Waals surface area contributed by atoms with Crippen molar-refractivity contribution in [3.63, 3.8) is 0 Å². The summed E-state index contributed by atoms with van der Waals surface area (Å²) in [6, 6.07) is 10.6. The van der Waals surface area contributed by atoms with Gasteiger partial charge in [0.05, 0.1) is 13.2 Å². The lowest BCUT2D eigenvalue weighted by Crippen LogP contribution is -2.29. The first kappa shape index (κ1) is 20.2. The Labute approximate surface area is 155 Å². The third kappa shape index (κ3) is 4.55. The van der Waals surface area contributed by atoms with Crippen LogP contribution in [0.4, 0.5) is 5.69 Å². The van der Waals surface area contributed by atoms with Crippen molar-refractivity contribution in [2.24, 2.45) is 0 Å². The molecule has 0 fully saturated rings. The number of anilines is 1. The first-order valence-corrected chi connectivity index (χ1v) is 9.74. The fraction of sp³-hybridized carbons (Fsp3) is 0.368. The predicted octanol–water partition coefficient (Wildman–Crippen LogP) is 2.39. The Hall–Kier alpha value is -2.09.